The van der Waals surface area contributed by atoms with E-state index in [2.05, 4.69) is 85.6 Å². The zero-order valence-corrected chi connectivity index (χ0v) is 19.7. The summed E-state index contributed by atoms with van der Waals surface area (Å²) < 4.78 is 6.80. The molecule has 3 aromatic rings. The van der Waals surface area contributed by atoms with Crippen LogP contribution in [-0.4, -0.2) is 30.6 Å². The van der Waals surface area contributed by atoms with Crippen LogP contribution >= 0.6 is 11.6 Å². The molecule has 166 valence electrons. The molecule has 1 unspecified atom stereocenters. The van der Waals surface area contributed by atoms with Gasteiger partial charge in [-0.1, -0.05) is 83.9 Å². The number of halogens is 1. The fourth-order valence-corrected chi connectivity index (χ4v) is 5.99. The lowest BCUT2D eigenvalue weighted by molar-refractivity contribution is -0.00335. The molecular weight excluding hydrogens is 414 g/mol. The third-order valence-electron chi connectivity index (χ3n) is 7.67. The first kappa shape index (κ1) is 21.7. The third kappa shape index (κ3) is 4.37. The highest BCUT2D eigenvalue weighted by Gasteiger charge is 2.46. The van der Waals surface area contributed by atoms with Crippen molar-refractivity contribution in [1.82, 2.24) is 4.90 Å². The van der Waals surface area contributed by atoms with Gasteiger partial charge in [-0.25, -0.2) is 0 Å². The van der Waals surface area contributed by atoms with E-state index in [0.29, 0.717) is 23.9 Å². The van der Waals surface area contributed by atoms with Crippen LogP contribution in [0.4, 0.5) is 0 Å². The molecule has 0 N–H and O–H groups in total. The van der Waals surface area contributed by atoms with Gasteiger partial charge in [0.05, 0.1) is 6.61 Å². The van der Waals surface area contributed by atoms with Gasteiger partial charge in [0, 0.05) is 23.0 Å². The van der Waals surface area contributed by atoms with Crippen molar-refractivity contribution in [2.75, 3.05) is 13.7 Å². The monoisotopic (exact) mass is 445 g/mol. The van der Waals surface area contributed by atoms with E-state index in [0.717, 1.165) is 17.2 Å². The molecule has 5 atom stereocenters. The fourth-order valence-electron chi connectivity index (χ4n) is 5.86. The van der Waals surface area contributed by atoms with Crippen LogP contribution in [0.3, 0.4) is 0 Å². The Morgan fingerprint density at radius 3 is 2.31 bits per heavy atom. The Labute approximate surface area is 197 Å². The van der Waals surface area contributed by atoms with Crippen molar-refractivity contribution >= 4 is 11.6 Å². The minimum atomic E-state index is -0.0865. The van der Waals surface area contributed by atoms with Crippen LogP contribution in [0.5, 0.6) is 0 Å². The van der Waals surface area contributed by atoms with Crippen molar-refractivity contribution in [1.29, 1.82) is 0 Å². The number of aryl methyl sites for hydroxylation is 1. The Morgan fingerprint density at radius 1 is 0.906 bits per heavy atom. The van der Waals surface area contributed by atoms with E-state index in [1.54, 1.807) is 0 Å². The minimum absolute atomic E-state index is 0.0865. The van der Waals surface area contributed by atoms with Crippen LogP contribution in [0.15, 0.2) is 78.9 Å². The molecule has 0 amide bonds. The molecule has 0 saturated carbocycles. The number of hydrogen-bond acceptors (Lipinski definition) is 2. The van der Waals surface area contributed by atoms with Gasteiger partial charge in [0.15, 0.2) is 0 Å². The largest absolute Gasteiger partial charge is 0.368 e. The average molecular weight is 446 g/mol. The van der Waals surface area contributed by atoms with Crippen molar-refractivity contribution in [2.24, 2.45) is 5.92 Å². The summed E-state index contributed by atoms with van der Waals surface area (Å²) in [5.41, 5.74) is 5.14. The van der Waals surface area contributed by atoms with Gasteiger partial charge < -0.3 is 9.64 Å². The molecule has 0 radical (unpaired) electrons. The Bertz CT molecular complexity index is 1020. The quantitative estimate of drug-likeness (QED) is 0.404. The summed E-state index contributed by atoms with van der Waals surface area (Å²) in [6.07, 6.45) is 3.71. The van der Waals surface area contributed by atoms with E-state index in [1.165, 1.54) is 36.0 Å². The van der Waals surface area contributed by atoms with Crippen molar-refractivity contribution in [2.45, 2.75) is 50.3 Å². The van der Waals surface area contributed by atoms with Crippen LogP contribution in [0, 0.1) is 12.8 Å². The van der Waals surface area contributed by atoms with Crippen LogP contribution in [0.2, 0.25) is 5.02 Å². The number of nitrogens with zero attached hydrogens (tertiary/aromatic N) is 1. The Kier molecular flexibility index (Phi) is 6.37. The van der Waals surface area contributed by atoms with Gasteiger partial charge in [-0.2, -0.15) is 0 Å². The van der Waals surface area contributed by atoms with Crippen molar-refractivity contribution in [3.63, 3.8) is 0 Å². The van der Waals surface area contributed by atoms with Gasteiger partial charge >= 0.3 is 0 Å². The Balaban J connectivity index is 1.43. The molecule has 5 rings (SSSR count). The number of piperidine rings is 1. The highest BCUT2D eigenvalue weighted by molar-refractivity contribution is 6.30. The SMILES string of the molecule is Cc1ccc([C@H]2C[C@@H]3CC[C@H]([C@H]2COC(c2ccccc2)c2ccc(Cl)cc2)N3C)cc1. The maximum absolute atomic E-state index is 6.80. The van der Waals surface area contributed by atoms with Gasteiger partial charge in [-0.15, -0.1) is 0 Å². The first-order valence-corrected chi connectivity index (χ1v) is 12.2. The topological polar surface area (TPSA) is 12.5 Å². The lowest BCUT2D eigenvalue weighted by Gasteiger charge is -2.43. The van der Waals surface area contributed by atoms with Crippen LogP contribution in [0.25, 0.3) is 0 Å². The van der Waals surface area contributed by atoms with Gasteiger partial charge in [-0.05, 0) is 68.0 Å². The first-order valence-electron chi connectivity index (χ1n) is 11.8. The molecule has 2 aliphatic heterocycles. The maximum atomic E-state index is 6.80. The molecule has 2 fully saturated rings. The number of ether oxygens (including phenoxy) is 1. The molecular formula is C29H32ClNO. The number of fused-ring (bicyclic) bond motifs is 2. The van der Waals surface area contributed by atoms with Gasteiger partial charge in [0.2, 0.25) is 0 Å². The van der Waals surface area contributed by atoms with Crippen LogP contribution in [-0.2, 0) is 4.74 Å². The molecule has 2 aliphatic rings. The molecule has 0 spiro atoms. The van der Waals surface area contributed by atoms with E-state index in [4.69, 9.17) is 16.3 Å². The molecule has 3 heteroatoms. The molecule has 2 saturated heterocycles. The second-order valence-corrected chi connectivity index (χ2v) is 9.99. The summed E-state index contributed by atoms with van der Waals surface area (Å²) in [6.45, 7) is 2.92. The first-order chi connectivity index (χ1) is 15.6. The highest BCUT2D eigenvalue weighted by atomic mass is 35.5. The molecule has 2 nitrogen and oxygen atoms in total. The molecule has 2 bridgehead atoms. The van der Waals surface area contributed by atoms with Gasteiger partial charge in [0.1, 0.15) is 6.10 Å². The minimum Gasteiger partial charge on any atom is -0.368 e. The van der Waals surface area contributed by atoms with E-state index < -0.39 is 0 Å². The lowest BCUT2D eigenvalue weighted by Crippen LogP contribution is -2.47. The van der Waals surface area contributed by atoms with Crippen LogP contribution in [0.1, 0.15) is 53.5 Å². The van der Waals surface area contributed by atoms with E-state index in [-0.39, 0.29) is 6.10 Å². The molecule has 2 heterocycles. The molecule has 3 aromatic carbocycles. The van der Waals surface area contributed by atoms with Crippen molar-refractivity contribution in [3.8, 4) is 0 Å². The fraction of sp³-hybridized carbons (Fsp3) is 0.379. The number of rotatable bonds is 6. The summed E-state index contributed by atoms with van der Waals surface area (Å²) in [5, 5.41) is 0.755. The summed E-state index contributed by atoms with van der Waals surface area (Å²) >= 11 is 6.17. The van der Waals surface area contributed by atoms with Gasteiger partial charge in [0.25, 0.3) is 0 Å². The second-order valence-electron chi connectivity index (χ2n) is 9.56. The molecule has 0 aliphatic carbocycles. The standard InChI is InChI=1S/C29H32ClNO/c1-20-8-10-21(11-9-20)26-18-25-16-17-28(31(25)2)27(26)19-32-29(22-6-4-3-5-7-22)23-12-14-24(30)15-13-23/h3-15,25-29H,16-19H2,1-2H3/t25-,26+,27-,28+,29?/m0/s1. The summed E-state index contributed by atoms with van der Waals surface area (Å²) in [5.74, 6) is 1.03. The summed E-state index contributed by atoms with van der Waals surface area (Å²) in [6, 6.07) is 29.1. The van der Waals surface area contributed by atoms with Gasteiger partial charge in [-0.3, -0.25) is 0 Å². The Hall–Kier alpha value is -2.13. The zero-order chi connectivity index (χ0) is 22.1. The molecule has 32 heavy (non-hydrogen) atoms. The predicted molar refractivity (Wildman–Crippen MR) is 132 cm³/mol. The molecule has 0 aromatic heterocycles. The Morgan fingerprint density at radius 2 is 1.59 bits per heavy atom. The highest BCUT2D eigenvalue weighted by Crippen LogP contribution is 2.47. The third-order valence-corrected chi connectivity index (χ3v) is 7.92. The normalized spacial score (nSPS) is 26.2. The van der Waals surface area contributed by atoms with Crippen molar-refractivity contribution < 1.29 is 4.74 Å². The summed E-state index contributed by atoms with van der Waals surface area (Å²) in [7, 11) is 2.31. The smallest absolute Gasteiger partial charge is 0.108 e. The van der Waals surface area contributed by atoms with E-state index in [1.807, 2.05) is 12.1 Å². The predicted octanol–water partition coefficient (Wildman–Crippen LogP) is 7.02. The van der Waals surface area contributed by atoms with Crippen LogP contribution < -0.4 is 0 Å². The van der Waals surface area contributed by atoms with Crippen molar-refractivity contribution in [3.05, 3.63) is 106 Å². The number of hydrogen-bond donors (Lipinski definition) is 0. The average Bonchev–Trinajstić information content (AvgIpc) is 3.06. The lowest BCUT2D eigenvalue weighted by atomic mass is 9.76. The second kappa shape index (κ2) is 9.39. The zero-order valence-electron chi connectivity index (χ0n) is 19.0. The summed E-state index contributed by atoms with van der Waals surface area (Å²) in [4.78, 5) is 2.62. The van der Waals surface area contributed by atoms with E-state index in [9.17, 15) is 0 Å². The number of benzene rings is 3. The van der Waals surface area contributed by atoms with E-state index >= 15 is 0 Å². The maximum Gasteiger partial charge on any atom is 0.108 e.